The van der Waals surface area contributed by atoms with E-state index in [1.54, 1.807) is 25.3 Å². The summed E-state index contributed by atoms with van der Waals surface area (Å²) in [7, 11) is 1.71. The Hall–Kier alpha value is -3.13. The molecule has 0 amide bonds. The summed E-state index contributed by atoms with van der Waals surface area (Å²) >= 11 is 0. The van der Waals surface area contributed by atoms with Gasteiger partial charge in [-0.25, -0.2) is 13.6 Å². The number of piperidine rings is 1. The topological polar surface area (TPSA) is 77.6 Å². The van der Waals surface area contributed by atoms with Crippen molar-refractivity contribution in [3.8, 4) is 5.75 Å². The number of aryl methyl sites for hydroxylation is 1. The van der Waals surface area contributed by atoms with E-state index < -0.39 is 11.9 Å². The number of carboxylic acid groups (broad SMARTS) is 1. The number of carboxylic acids is 1. The number of anilines is 1. The molecule has 6 nitrogen and oxygen atoms in total. The Morgan fingerprint density at radius 2 is 1.85 bits per heavy atom. The van der Waals surface area contributed by atoms with Crippen LogP contribution in [0.1, 0.15) is 73.9 Å². The number of carbonyl (C=O) groups is 1. The molecule has 3 N–H and O–H groups in total. The van der Waals surface area contributed by atoms with E-state index in [1.165, 1.54) is 29.4 Å². The Morgan fingerprint density at radius 3 is 2.44 bits per heavy atom. The number of fused-ring (bicyclic) bond motifs is 1. The number of benzene rings is 2. The molecule has 0 unspecified atom stereocenters. The lowest BCUT2D eigenvalue weighted by atomic mass is 9.61. The molecule has 0 atom stereocenters. The van der Waals surface area contributed by atoms with E-state index in [2.05, 4.69) is 34.3 Å². The molecule has 1 aromatic heterocycles. The quantitative estimate of drug-likeness (QED) is 0.302. The van der Waals surface area contributed by atoms with Crippen molar-refractivity contribution < 1.29 is 23.4 Å². The minimum absolute atomic E-state index is 0.0871. The fraction of sp³-hybridized carbons (Fsp3) is 0.516. The molecule has 1 aliphatic heterocycles. The first kappa shape index (κ1) is 28.9. The Balaban J connectivity index is 0.000000199. The standard InChI is InChI=1S/C19H24F2N2O.C10H11NO2.C2H6/c1-13-9-16(24-2)15(14-3-6-22-17(13)14)10-23-7-4-18(5-8-23)11-19(20,21)12-18;12-10(13)7-2-1-3-9(6-7)11-8-4-5-8;1-2/h3,6,9,22H,4-5,7-8,10-12H2,1-2H3;1-3,6,8,11H,4-5H2,(H,12,13);1-2H3. The lowest BCUT2D eigenvalue weighted by molar-refractivity contribution is -0.178. The second kappa shape index (κ2) is 11.9. The number of likely N-dealkylation sites (tertiary alicyclic amines) is 1. The van der Waals surface area contributed by atoms with Crippen molar-refractivity contribution in [3.63, 3.8) is 0 Å². The molecule has 2 heterocycles. The van der Waals surface area contributed by atoms with Gasteiger partial charge in [0.2, 0.25) is 5.92 Å². The largest absolute Gasteiger partial charge is 0.496 e. The molecular weight excluding hydrogens is 500 g/mol. The number of nitrogens with zero attached hydrogens (tertiary/aromatic N) is 1. The summed E-state index contributed by atoms with van der Waals surface area (Å²) in [6, 6.07) is 11.6. The summed E-state index contributed by atoms with van der Waals surface area (Å²) in [5.74, 6) is -2.38. The van der Waals surface area contributed by atoms with Crippen LogP contribution >= 0.6 is 0 Å². The van der Waals surface area contributed by atoms with Crippen LogP contribution in [0.3, 0.4) is 0 Å². The van der Waals surface area contributed by atoms with Crippen LogP contribution in [-0.2, 0) is 6.54 Å². The van der Waals surface area contributed by atoms with Gasteiger partial charge in [-0.15, -0.1) is 0 Å². The molecule has 2 saturated carbocycles. The van der Waals surface area contributed by atoms with Gasteiger partial charge in [0.05, 0.1) is 12.7 Å². The highest BCUT2D eigenvalue weighted by Gasteiger charge is 2.56. The number of rotatable bonds is 6. The van der Waals surface area contributed by atoms with Crippen LogP contribution in [0.15, 0.2) is 42.6 Å². The normalized spacial score (nSPS) is 19.2. The molecule has 0 radical (unpaired) electrons. The summed E-state index contributed by atoms with van der Waals surface area (Å²) < 4.78 is 32.1. The number of aromatic amines is 1. The number of halogens is 2. The molecule has 212 valence electrons. The summed E-state index contributed by atoms with van der Waals surface area (Å²) in [5, 5.41) is 13.2. The number of ether oxygens (including phenoxy) is 1. The number of alkyl halides is 2. The lowest BCUT2D eigenvalue weighted by Gasteiger charge is -2.51. The van der Waals surface area contributed by atoms with Crippen molar-refractivity contribution in [2.75, 3.05) is 25.5 Å². The van der Waals surface area contributed by atoms with Crippen molar-refractivity contribution >= 4 is 22.6 Å². The molecule has 6 rings (SSSR count). The van der Waals surface area contributed by atoms with Crippen LogP contribution in [0.4, 0.5) is 14.5 Å². The second-order valence-electron chi connectivity index (χ2n) is 10.9. The zero-order valence-corrected chi connectivity index (χ0v) is 23.4. The zero-order valence-electron chi connectivity index (χ0n) is 23.4. The number of methoxy groups -OCH3 is 1. The maximum Gasteiger partial charge on any atom is 0.335 e. The van der Waals surface area contributed by atoms with E-state index in [-0.39, 0.29) is 18.3 Å². The van der Waals surface area contributed by atoms with Gasteiger partial charge in [0.25, 0.3) is 0 Å². The molecule has 8 heteroatoms. The fourth-order valence-corrected chi connectivity index (χ4v) is 5.79. The third-order valence-corrected chi connectivity index (χ3v) is 7.95. The first-order chi connectivity index (χ1) is 18.7. The zero-order chi connectivity index (χ0) is 28.2. The molecule has 1 spiro atoms. The number of hydrogen-bond donors (Lipinski definition) is 3. The third kappa shape index (κ3) is 6.90. The Bertz CT molecular complexity index is 1270. The first-order valence-corrected chi connectivity index (χ1v) is 14.0. The number of aromatic carboxylic acids is 1. The van der Waals surface area contributed by atoms with E-state index in [1.807, 2.05) is 26.1 Å². The van der Waals surface area contributed by atoms with Gasteiger partial charge < -0.3 is 20.1 Å². The van der Waals surface area contributed by atoms with Crippen LogP contribution in [0, 0.1) is 12.3 Å². The summed E-state index contributed by atoms with van der Waals surface area (Å²) in [6.07, 6.45) is 6.28. The van der Waals surface area contributed by atoms with Gasteiger partial charge in [-0.3, -0.25) is 4.90 Å². The maximum absolute atomic E-state index is 13.3. The number of aromatic nitrogens is 1. The fourth-order valence-electron chi connectivity index (χ4n) is 5.79. The molecule has 1 saturated heterocycles. The molecule has 2 aliphatic carbocycles. The van der Waals surface area contributed by atoms with Gasteiger partial charge in [-0.05, 0) is 87.0 Å². The monoisotopic (exact) mass is 541 g/mol. The molecule has 2 aromatic carbocycles. The number of hydrogen-bond acceptors (Lipinski definition) is 4. The molecular formula is C31H41F2N3O3. The van der Waals surface area contributed by atoms with Gasteiger partial charge in [0.15, 0.2) is 0 Å². The highest BCUT2D eigenvalue weighted by atomic mass is 19.3. The van der Waals surface area contributed by atoms with Crippen LogP contribution in [0.5, 0.6) is 5.75 Å². The van der Waals surface area contributed by atoms with Gasteiger partial charge >= 0.3 is 5.97 Å². The van der Waals surface area contributed by atoms with E-state index in [0.717, 1.165) is 49.4 Å². The van der Waals surface area contributed by atoms with E-state index in [0.29, 0.717) is 11.6 Å². The van der Waals surface area contributed by atoms with Crippen molar-refractivity contribution in [1.82, 2.24) is 9.88 Å². The Kier molecular flexibility index (Phi) is 8.84. The molecule has 3 fully saturated rings. The average Bonchev–Trinajstić information content (AvgIpc) is 3.58. The Morgan fingerprint density at radius 1 is 1.15 bits per heavy atom. The minimum Gasteiger partial charge on any atom is -0.496 e. The molecule has 3 aliphatic rings. The van der Waals surface area contributed by atoms with E-state index in [9.17, 15) is 13.6 Å². The van der Waals surface area contributed by atoms with Gasteiger partial charge in [0, 0.05) is 53.8 Å². The van der Waals surface area contributed by atoms with Crippen LogP contribution < -0.4 is 10.1 Å². The highest BCUT2D eigenvalue weighted by molar-refractivity contribution is 5.89. The van der Waals surface area contributed by atoms with Gasteiger partial charge in [0.1, 0.15) is 5.75 Å². The summed E-state index contributed by atoms with van der Waals surface area (Å²) in [6.45, 7) is 8.66. The number of nitrogens with one attached hydrogen (secondary N) is 2. The van der Waals surface area contributed by atoms with Crippen LogP contribution in [-0.4, -0.2) is 53.1 Å². The third-order valence-electron chi connectivity index (χ3n) is 7.95. The first-order valence-electron chi connectivity index (χ1n) is 14.0. The molecule has 0 bridgehead atoms. The maximum atomic E-state index is 13.3. The van der Waals surface area contributed by atoms with Crippen molar-refractivity contribution in [1.29, 1.82) is 0 Å². The summed E-state index contributed by atoms with van der Waals surface area (Å²) in [5.41, 5.74) is 4.66. The van der Waals surface area contributed by atoms with Crippen LogP contribution in [0.2, 0.25) is 0 Å². The second-order valence-corrected chi connectivity index (χ2v) is 10.9. The minimum atomic E-state index is -2.42. The van der Waals surface area contributed by atoms with E-state index >= 15 is 0 Å². The predicted molar refractivity (Wildman–Crippen MR) is 152 cm³/mol. The van der Waals surface area contributed by atoms with Crippen molar-refractivity contribution in [2.45, 2.75) is 77.8 Å². The summed E-state index contributed by atoms with van der Waals surface area (Å²) in [4.78, 5) is 16.3. The average molecular weight is 542 g/mol. The van der Waals surface area contributed by atoms with Crippen molar-refractivity contribution in [3.05, 3.63) is 59.3 Å². The number of H-pyrrole nitrogens is 1. The molecule has 39 heavy (non-hydrogen) atoms. The van der Waals surface area contributed by atoms with Gasteiger partial charge in [-0.2, -0.15) is 0 Å². The SMILES string of the molecule is CC.COc1cc(C)c2[nH]ccc2c1CN1CCC2(CC1)CC(F)(F)C2.O=C(O)c1cccc(NC2CC2)c1. The highest BCUT2D eigenvalue weighted by Crippen LogP contribution is 2.57. The van der Waals surface area contributed by atoms with Crippen LogP contribution in [0.25, 0.3) is 10.9 Å². The van der Waals surface area contributed by atoms with Gasteiger partial charge in [-0.1, -0.05) is 19.9 Å². The van der Waals surface area contributed by atoms with Crippen molar-refractivity contribution in [2.24, 2.45) is 5.41 Å². The molecule has 3 aromatic rings. The lowest BCUT2D eigenvalue weighted by Crippen LogP contribution is -2.52. The predicted octanol–water partition coefficient (Wildman–Crippen LogP) is 7.48. The van der Waals surface area contributed by atoms with E-state index in [4.69, 9.17) is 9.84 Å². The Labute approximate surface area is 229 Å². The smallest absolute Gasteiger partial charge is 0.335 e.